The summed E-state index contributed by atoms with van der Waals surface area (Å²) in [5.74, 6) is 0.702. The van der Waals surface area contributed by atoms with E-state index in [1.807, 2.05) is 6.92 Å². The third-order valence-corrected chi connectivity index (χ3v) is 4.13. The molecule has 0 spiro atoms. The first-order valence-electron chi connectivity index (χ1n) is 2.10. The van der Waals surface area contributed by atoms with Gasteiger partial charge >= 0.3 is 5.51 Å². The standard InChI is InChI=1S/C3H5F3S3/c1-2-7-9-8-3(4,5)6/h2H2,1H3. The lowest BCUT2D eigenvalue weighted by atomic mass is 11.0. The summed E-state index contributed by atoms with van der Waals surface area (Å²) in [4.78, 5) is 0. The first kappa shape index (κ1) is 9.84. The van der Waals surface area contributed by atoms with Crippen molar-refractivity contribution in [3.05, 3.63) is 0 Å². The van der Waals surface area contributed by atoms with E-state index in [0.29, 0.717) is 5.75 Å². The van der Waals surface area contributed by atoms with Crippen LogP contribution in [0.4, 0.5) is 13.2 Å². The van der Waals surface area contributed by atoms with Gasteiger partial charge in [-0.25, -0.2) is 0 Å². The SMILES string of the molecule is CCSSSC(F)(F)F. The molecule has 0 aliphatic heterocycles. The van der Waals surface area contributed by atoms with Gasteiger partial charge in [0.05, 0.1) is 0 Å². The van der Waals surface area contributed by atoms with Gasteiger partial charge in [0, 0.05) is 16.5 Å². The van der Waals surface area contributed by atoms with E-state index in [2.05, 4.69) is 0 Å². The van der Waals surface area contributed by atoms with Gasteiger partial charge in [0.1, 0.15) is 0 Å². The topological polar surface area (TPSA) is 0 Å². The van der Waals surface area contributed by atoms with E-state index in [4.69, 9.17) is 0 Å². The minimum Gasteiger partial charge on any atom is -0.160 e. The van der Waals surface area contributed by atoms with Crippen LogP contribution in [-0.4, -0.2) is 11.3 Å². The molecule has 0 rings (SSSR count). The van der Waals surface area contributed by atoms with E-state index in [1.54, 1.807) is 0 Å². The Morgan fingerprint density at radius 1 is 1.33 bits per heavy atom. The van der Waals surface area contributed by atoms with Gasteiger partial charge in [0.25, 0.3) is 0 Å². The van der Waals surface area contributed by atoms with Gasteiger partial charge in [-0.05, 0) is 9.83 Å². The summed E-state index contributed by atoms with van der Waals surface area (Å²) in [5.41, 5.74) is -4.09. The van der Waals surface area contributed by atoms with Crippen LogP contribution in [0.5, 0.6) is 0 Å². The molecule has 0 radical (unpaired) electrons. The molecule has 0 bridgehead atoms. The maximum absolute atomic E-state index is 11.3. The highest BCUT2D eigenvalue weighted by Crippen LogP contribution is 2.45. The Bertz CT molecular complexity index is 71.2. The quantitative estimate of drug-likeness (QED) is 0.498. The van der Waals surface area contributed by atoms with E-state index in [0.717, 1.165) is 9.83 Å². The minimum atomic E-state index is -4.09. The summed E-state index contributed by atoms with van der Waals surface area (Å²) >= 11 is 0. The molecule has 6 heteroatoms. The maximum Gasteiger partial charge on any atom is 0.452 e. The highest BCUT2D eigenvalue weighted by atomic mass is 33.5. The van der Waals surface area contributed by atoms with E-state index in [1.165, 1.54) is 10.8 Å². The second kappa shape index (κ2) is 4.62. The van der Waals surface area contributed by atoms with Crippen molar-refractivity contribution in [2.24, 2.45) is 0 Å². The number of rotatable bonds is 3. The van der Waals surface area contributed by atoms with Gasteiger partial charge in [-0.15, -0.1) is 0 Å². The fourth-order valence-corrected chi connectivity index (χ4v) is 2.99. The fourth-order valence-electron chi connectivity index (χ4n) is 0.111. The Morgan fingerprint density at radius 3 is 2.22 bits per heavy atom. The molecule has 0 saturated carbocycles. The smallest absolute Gasteiger partial charge is 0.160 e. The molecule has 0 aliphatic rings. The first-order chi connectivity index (χ1) is 4.06. The number of hydrogen-bond donors (Lipinski definition) is 0. The van der Waals surface area contributed by atoms with Gasteiger partial charge in [-0.1, -0.05) is 17.7 Å². The molecule has 0 saturated heterocycles. The molecule has 9 heavy (non-hydrogen) atoms. The van der Waals surface area contributed by atoms with Crippen molar-refractivity contribution in [1.29, 1.82) is 0 Å². The molecule has 0 fully saturated rings. The third kappa shape index (κ3) is 8.84. The van der Waals surface area contributed by atoms with Crippen molar-refractivity contribution in [1.82, 2.24) is 0 Å². The van der Waals surface area contributed by atoms with Crippen molar-refractivity contribution in [3.63, 3.8) is 0 Å². The molecule has 0 aromatic rings. The lowest BCUT2D eigenvalue weighted by Gasteiger charge is -2.01. The van der Waals surface area contributed by atoms with Crippen molar-refractivity contribution < 1.29 is 13.2 Å². The van der Waals surface area contributed by atoms with Crippen LogP contribution in [0.2, 0.25) is 0 Å². The molecule has 0 aromatic carbocycles. The average molecular weight is 194 g/mol. The van der Waals surface area contributed by atoms with Crippen LogP contribution in [-0.2, 0) is 0 Å². The maximum atomic E-state index is 11.3. The normalized spacial score (nSPS) is 12.0. The van der Waals surface area contributed by atoms with Crippen molar-refractivity contribution in [2.45, 2.75) is 12.4 Å². The molecule has 0 unspecified atom stereocenters. The highest BCUT2D eigenvalue weighted by Gasteiger charge is 2.28. The summed E-state index contributed by atoms with van der Waals surface area (Å²) in [5, 5.41) is 0. The van der Waals surface area contributed by atoms with Crippen LogP contribution in [0.15, 0.2) is 0 Å². The third-order valence-electron chi connectivity index (χ3n) is 0.294. The van der Waals surface area contributed by atoms with Crippen molar-refractivity contribution >= 4 is 31.4 Å². The summed E-state index contributed by atoms with van der Waals surface area (Å²) < 4.78 is 33.9. The summed E-state index contributed by atoms with van der Waals surface area (Å²) in [6.45, 7) is 1.81. The van der Waals surface area contributed by atoms with Crippen LogP contribution in [0, 0.1) is 0 Å². The first-order valence-corrected chi connectivity index (χ1v) is 5.75. The Labute approximate surface area is 63.1 Å². The summed E-state index contributed by atoms with van der Waals surface area (Å²) in [6.07, 6.45) is 0. The van der Waals surface area contributed by atoms with Gasteiger partial charge in [0.2, 0.25) is 0 Å². The van der Waals surface area contributed by atoms with Crippen LogP contribution in [0.25, 0.3) is 0 Å². The Balaban J connectivity index is 3.07. The summed E-state index contributed by atoms with van der Waals surface area (Å²) in [6, 6.07) is 0. The van der Waals surface area contributed by atoms with E-state index < -0.39 is 5.51 Å². The van der Waals surface area contributed by atoms with E-state index in [-0.39, 0.29) is 10.8 Å². The van der Waals surface area contributed by atoms with E-state index in [9.17, 15) is 13.2 Å². The summed E-state index contributed by atoms with van der Waals surface area (Å²) in [7, 11) is 1.90. The van der Waals surface area contributed by atoms with Crippen molar-refractivity contribution in [2.75, 3.05) is 5.75 Å². The zero-order valence-corrected chi connectivity index (χ0v) is 7.02. The molecule has 0 heterocycles. The van der Waals surface area contributed by atoms with Crippen molar-refractivity contribution in [3.8, 4) is 0 Å². The molecule has 56 valence electrons. The number of halogens is 3. The molecule has 0 N–H and O–H groups in total. The van der Waals surface area contributed by atoms with Gasteiger partial charge in [-0.2, -0.15) is 13.2 Å². The molecular formula is C3H5F3S3. The lowest BCUT2D eigenvalue weighted by Crippen LogP contribution is -1.95. The Kier molecular flexibility index (Phi) is 5.06. The largest absolute Gasteiger partial charge is 0.452 e. The van der Waals surface area contributed by atoms with Gasteiger partial charge in [-0.3, -0.25) is 0 Å². The zero-order valence-electron chi connectivity index (χ0n) is 4.57. The molecular weight excluding hydrogens is 189 g/mol. The van der Waals surface area contributed by atoms with Gasteiger partial charge < -0.3 is 0 Å². The fraction of sp³-hybridized carbons (Fsp3) is 1.00. The van der Waals surface area contributed by atoms with Gasteiger partial charge in [0.15, 0.2) is 0 Å². The van der Waals surface area contributed by atoms with Crippen LogP contribution in [0.3, 0.4) is 0 Å². The Hall–Kier alpha value is 0.840. The Morgan fingerprint density at radius 2 is 1.89 bits per heavy atom. The number of alkyl halides is 3. The van der Waals surface area contributed by atoms with E-state index >= 15 is 0 Å². The number of hydrogen-bond acceptors (Lipinski definition) is 3. The minimum absolute atomic E-state index is 0.0622. The highest BCUT2D eigenvalue weighted by molar-refractivity contribution is 9.09. The average Bonchev–Trinajstić information content (AvgIpc) is 1.63. The molecule has 0 nitrogen and oxygen atoms in total. The monoisotopic (exact) mass is 194 g/mol. The van der Waals surface area contributed by atoms with Crippen LogP contribution in [0.1, 0.15) is 6.92 Å². The predicted octanol–water partition coefficient (Wildman–Crippen LogP) is 3.56. The second-order valence-corrected chi connectivity index (χ2v) is 5.42. The van der Waals surface area contributed by atoms with Crippen LogP contribution >= 0.6 is 31.4 Å². The van der Waals surface area contributed by atoms with Crippen LogP contribution < -0.4 is 0 Å². The molecule has 0 aliphatic carbocycles. The zero-order chi connectivity index (χ0) is 7.33. The second-order valence-electron chi connectivity index (χ2n) is 1.00. The molecule has 0 aromatic heterocycles. The lowest BCUT2D eigenvalue weighted by molar-refractivity contribution is -0.0310. The molecule has 0 atom stereocenters. The molecule has 0 amide bonds. The predicted molar refractivity (Wildman–Crippen MR) is 39.4 cm³/mol.